The molecule has 20 heavy (non-hydrogen) atoms. The van der Waals surface area contributed by atoms with Gasteiger partial charge < -0.3 is 20.5 Å². The summed E-state index contributed by atoms with van der Waals surface area (Å²) in [6, 6.07) is 0. The average molecular weight is 286 g/mol. The molecule has 0 bridgehead atoms. The van der Waals surface area contributed by atoms with Crippen molar-refractivity contribution in [3.05, 3.63) is 20.8 Å². The van der Waals surface area contributed by atoms with Gasteiger partial charge in [0.1, 0.15) is 11.5 Å². The summed E-state index contributed by atoms with van der Waals surface area (Å²) in [7, 11) is 4.41. The van der Waals surface area contributed by atoms with E-state index in [1.54, 1.807) is 0 Å². The third kappa shape index (κ3) is 3.20. The maximum absolute atomic E-state index is 12.1. The monoisotopic (exact) mass is 286 g/mol. The molecule has 1 aromatic rings. The van der Waals surface area contributed by atoms with Gasteiger partial charge in [-0.1, -0.05) is 6.92 Å². The van der Waals surface area contributed by atoms with Gasteiger partial charge in [0.2, 0.25) is 0 Å². The zero-order valence-corrected chi connectivity index (χ0v) is 12.3. The van der Waals surface area contributed by atoms with Crippen LogP contribution in [0.5, 0.6) is 0 Å². The maximum Gasteiger partial charge on any atom is 0.332 e. The SMILES string of the molecule is CCCn1c(N)c(NCC(OC)OC)c(=O)n(C)c1=O. The largest absolute Gasteiger partial charge is 0.383 e. The minimum Gasteiger partial charge on any atom is -0.383 e. The molecule has 0 aliphatic heterocycles. The van der Waals surface area contributed by atoms with E-state index in [0.29, 0.717) is 6.54 Å². The fraction of sp³-hybridized carbons (Fsp3) is 0.667. The summed E-state index contributed by atoms with van der Waals surface area (Å²) < 4.78 is 12.5. The third-order valence-electron chi connectivity index (χ3n) is 3.00. The Morgan fingerprint density at radius 1 is 1.30 bits per heavy atom. The lowest BCUT2D eigenvalue weighted by molar-refractivity contribution is -0.0914. The zero-order valence-electron chi connectivity index (χ0n) is 12.3. The Balaban J connectivity index is 3.19. The number of rotatable bonds is 7. The number of nitrogens with two attached hydrogens (primary N) is 1. The van der Waals surface area contributed by atoms with Gasteiger partial charge in [-0.2, -0.15) is 0 Å². The van der Waals surface area contributed by atoms with E-state index in [-0.39, 0.29) is 18.1 Å². The van der Waals surface area contributed by atoms with Crippen LogP contribution in [0.4, 0.5) is 11.5 Å². The molecule has 3 N–H and O–H groups in total. The van der Waals surface area contributed by atoms with Crippen molar-refractivity contribution in [2.75, 3.05) is 31.8 Å². The Morgan fingerprint density at radius 3 is 2.40 bits per heavy atom. The Labute approximate surface area is 117 Å². The molecule has 0 saturated carbocycles. The van der Waals surface area contributed by atoms with Crippen LogP contribution in [0.3, 0.4) is 0 Å². The number of nitrogen functional groups attached to an aromatic ring is 1. The van der Waals surface area contributed by atoms with E-state index >= 15 is 0 Å². The zero-order chi connectivity index (χ0) is 15.3. The van der Waals surface area contributed by atoms with Crippen LogP contribution >= 0.6 is 0 Å². The molecular formula is C12H22N4O4. The number of methoxy groups -OCH3 is 2. The van der Waals surface area contributed by atoms with Gasteiger partial charge in [0, 0.05) is 27.8 Å². The number of hydrogen-bond acceptors (Lipinski definition) is 6. The third-order valence-corrected chi connectivity index (χ3v) is 3.00. The van der Waals surface area contributed by atoms with Crippen LogP contribution in [0.15, 0.2) is 9.59 Å². The van der Waals surface area contributed by atoms with Crippen molar-refractivity contribution in [3.8, 4) is 0 Å². The smallest absolute Gasteiger partial charge is 0.332 e. The molecule has 0 aromatic carbocycles. The normalized spacial score (nSPS) is 11.1. The molecule has 0 fully saturated rings. The van der Waals surface area contributed by atoms with E-state index in [4.69, 9.17) is 15.2 Å². The van der Waals surface area contributed by atoms with Crippen LogP contribution < -0.4 is 22.3 Å². The standard InChI is InChI=1S/C12H22N4O4/c1-5-6-16-10(13)9(11(17)15(2)12(16)18)14-7-8(19-3)20-4/h8,14H,5-7,13H2,1-4H3. The summed E-state index contributed by atoms with van der Waals surface area (Å²) >= 11 is 0. The van der Waals surface area contributed by atoms with Crippen molar-refractivity contribution in [1.82, 2.24) is 9.13 Å². The second-order valence-corrected chi connectivity index (χ2v) is 4.34. The van der Waals surface area contributed by atoms with Crippen LogP contribution in [0.2, 0.25) is 0 Å². The summed E-state index contributed by atoms with van der Waals surface area (Å²) in [5.41, 5.74) is 5.21. The molecule has 0 aliphatic carbocycles. The van der Waals surface area contributed by atoms with Crippen LogP contribution in [0, 0.1) is 0 Å². The highest BCUT2D eigenvalue weighted by atomic mass is 16.7. The van der Waals surface area contributed by atoms with E-state index in [2.05, 4.69) is 5.32 Å². The molecule has 0 radical (unpaired) electrons. The number of nitrogens with one attached hydrogen (secondary N) is 1. The van der Waals surface area contributed by atoms with Gasteiger partial charge in [-0.3, -0.25) is 13.9 Å². The average Bonchev–Trinajstić information content (AvgIpc) is 2.45. The second kappa shape index (κ2) is 7.11. The van der Waals surface area contributed by atoms with Crippen molar-refractivity contribution in [2.24, 2.45) is 7.05 Å². The number of nitrogens with zero attached hydrogens (tertiary/aromatic N) is 2. The van der Waals surface area contributed by atoms with Gasteiger partial charge in [-0.05, 0) is 6.42 Å². The summed E-state index contributed by atoms with van der Waals surface area (Å²) in [6.07, 6.45) is 0.228. The van der Waals surface area contributed by atoms with Gasteiger partial charge in [-0.15, -0.1) is 0 Å². The molecule has 0 amide bonds. The molecule has 8 heteroatoms. The van der Waals surface area contributed by atoms with Gasteiger partial charge in [0.15, 0.2) is 6.29 Å². The van der Waals surface area contributed by atoms with E-state index in [9.17, 15) is 9.59 Å². The summed E-state index contributed by atoms with van der Waals surface area (Å²) in [6.45, 7) is 2.62. The van der Waals surface area contributed by atoms with Crippen molar-refractivity contribution < 1.29 is 9.47 Å². The number of hydrogen-bond donors (Lipinski definition) is 2. The molecule has 1 aromatic heterocycles. The van der Waals surface area contributed by atoms with Gasteiger partial charge >= 0.3 is 5.69 Å². The van der Waals surface area contributed by atoms with Crippen LogP contribution in [0.1, 0.15) is 13.3 Å². The van der Waals surface area contributed by atoms with E-state index < -0.39 is 17.5 Å². The quantitative estimate of drug-likeness (QED) is 0.660. The molecule has 0 atom stereocenters. The molecule has 114 valence electrons. The highest BCUT2D eigenvalue weighted by Crippen LogP contribution is 2.11. The first-order valence-electron chi connectivity index (χ1n) is 6.36. The lowest BCUT2D eigenvalue weighted by Crippen LogP contribution is -2.41. The maximum atomic E-state index is 12.1. The van der Waals surface area contributed by atoms with Crippen LogP contribution in [-0.4, -0.2) is 36.2 Å². The van der Waals surface area contributed by atoms with Crippen molar-refractivity contribution in [2.45, 2.75) is 26.2 Å². The van der Waals surface area contributed by atoms with E-state index in [0.717, 1.165) is 11.0 Å². The highest BCUT2D eigenvalue weighted by Gasteiger charge is 2.16. The van der Waals surface area contributed by atoms with Crippen molar-refractivity contribution >= 4 is 11.5 Å². The molecule has 0 spiro atoms. The second-order valence-electron chi connectivity index (χ2n) is 4.34. The first-order chi connectivity index (χ1) is 9.47. The minimum absolute atomic E-state index is 0.130. The lowest BCUT2D eigenvalue weighted by Gasteiger charge is -2.18. The van der Waals surface area contributed by atoms with Crippen LogP contribution in [-0.2, 0) is 23.1 Å². The fourth-order valence-electron chi connectivity index (χ4n) is 1.84. The summed E-state index contributed by atoms with van der Waals surface area (Å²) in [5, 5.41) is 2.88. The molecule has 8 nitrogen and oxygen atoms in total. The van der Waals surface area contributed by atoms with Gasteiger partial charge in [0.25, 0.3) is 5.56 Å². The van der Waals surface area contributed by atoms with Crippen LogP contribution in [0.25, 0.3) is 0 Å². The Hall–Kier alpha value is -1.80. The van der Waals surface area contributed by atoms with Gasteiger partial charge in [0.05, 0.1) is 6.54 Å². The molecule has 0 unspecified atom stereocenters. The molecular weight excluding hydrogens is 264 g/mol. The molecule has 0 saturated heterocycles. The number of aromatic nitrogens is 2. The summed E-state index contributed by atoms with van der Waals surface area (Å²) in [4.78, 5) is 24.1. The predicted molar refractivity (Wildman–Crippen MR) is 76.9 cm³/mol. The topological polar surface area (TPSA) is 101 Å². The first-order valence-corrected chi connectivity index (χ1v) is 6.36. The molecule has 1 heterocycles. The minimum atomic E-state index is -0.509. The van der Waals surface area contributed by atoms with E-state index in [1.165, 1.54) is 25.8 Å². The Morgan fingerprint density at radius 2 is 1.90 bits per heavy atom. The number of ether oxygens (including phenoxy) is 2. The number of anilines is 2. The highest BCUT2D eigenvalue weighted by molar-refractivity contribution is 5.60. The molecule has 0 aliphatic rings. The predicted octanol–water partition coefficient (Wildman–Crippen LogP) is -0.430. The Kier molecular flexibility index (Phi) is 5.78. The molecule has 1 rings (SSSR count). The fourth-order valence-corrected chi connectivity index (χ4v) is 1.84. The van der Waals surface area contributed by atoms with E-state index in [1.807, 2.05) is 6.92 Å². The summed E-state index contributed by atoms with van der Waals surface area (Å²) in [5.74, 6) is 0.130. The van der Waals surface area contributed by atoms with Crippen molar-refractivity contribution in [3.63, 3.8) is 0 Å². The van der Waals surface area contributed by atoms with Gasteiger partial charge in [-0.25, -0.2) is 4.79 Å². The Bertz CT molecular complexity index is 560. The first kappa shape index (κ1) is 16.3. The lowest BCUT2D eigenvalue weighted by atomic mass is 10.4. The van der Waals surface area contributed by atoms with Crippen molar-refractivity contribution in [1.29, 1.82) is 0 Å².